The quantitative estimate of drug-likeness (QED) is 0.630. The van der Waals surface area contributed by atoms with Gasteiger partial charge in [0.2, 0.25) is 5.91 Å². The molecule has 1 aliphatic rings. The van der Waals surface area contributed by atoms with Gasteiger partial charge in [-0.3, -0.25) is 9.59 Å². The molecule has 7 heteroatoms. The number of carbonyl (C=O) groups excluding carboxylic acids is 2. The Morgan fingerprint density at radius 1 is 1.10 bits per heavy atom. The molecule has 7 nitrogen and oxygen atoms in total. The molecule has 3 aromatic rings. The van der Waals surface area contributed by atoms with Gasteiger partial charge in [-0.2, -0.15) is 5.10 Å². The van der Waals surface area contributed by atoms with Crippen LogP contribution in [0, 0.1) is 13.8 Å². The van der Waals surface area contributed by atoms with Crippen molar-refractivity contribution in [1.29, 1.82) is 0 Å². The third-order valence-corrected chi connectivity index (χ3v) is 5.50. The maximum atomic E-state index is 13.4. The Labute approximate surface area is 182 Å². The first-order chi connectivity index (χ1) is 14.5. The largest absolute Gasteiger partial charge is 0.326 e. The smallest absolute Gasteiger partial charge is 0.256 e. The van der Waals surface area contributed by atoms with E-state index in [0.717, 1.165) is 46.5 Å². The second kappa shape index (κ2) is 7.48. The maximum Gasteiger partial charge on any atom is 0.256 e. The normalized spacial score (nSPS) is 14.0. The minimum atomic E-state index is -0.244. The molecule has 0 bridgehead atoms. The number of anilines is 2. The average Bonchev–Trinajstić information content (AvgIpc) is 3.46. The molecular formula is C24H29N5O2. The number of fused-ring (bicyclic) bond motifs is 1. The summed E-state index contributed by atoms with van der Waals surface area (Å²) in [7, 11) is 0. The number of benzene rings is 1. The number of rotatable bonds is 4. The molecule has 0 spiro atoms. The van der Waals surface area contributed by atoms with Crippen molar-refractivity contribution >= 4 is 34.2 Å². The molecule has 2 amide bonds. The van der Waals surface area contributed by atoms with E-state index in [1.165, 1.54) is 6.92 Å². The first-order valence-corrected chi connectivity index (χ1v) is 10.6. The van der Waals surface area contributed by atoms with Crippen LogP contribution in [0.25, 0.3) is 11.0 Å². The van der Waals surface area contributed by atoms with E-state index >= 15 is 0 Å². The van der Waals surface area contributed by atoms with Gasteiger partial charge >= 0.3 is 0 Å². The van der Waals surface area contributed by atoms with Gasteiger partial charge in [0.25, 0.3) is 5.91 Å². The second-order valence-corrected chi connectivity index (χ2v) is 9.40. The minimum absolute atomic E-state index is 0.127. The summed E-state index contributed by atoms with van der Waals surface area (Å²) in [6.45, 7) is 11.6. The van der Waals surface area contributed by atoms with Crippen LogP contribution in [-0.2, 0) is 10.3 Å². The standard InChI is InChI=1S/C24H29N5O2/c1-13-11-17(9-10-19(13)25-15(3)30)26-23(31)18-12-20(16-7-8-16)27-22-21(18)14(2)28-29(22)24(4,5)6/h9-12,16H,7-8H2,1-6H3,(H,25,30)(H,26,31). The van der Waals surface area contributed by atoms with Gasteiger partial charge in [0, 0.05) is 29.9 Å². The molecule has 2 N–H and O–H groups in total. The molecule has 0 aliphatic heterocycles. The number of nitrogens with one attached hydrogen (secondary N) is 2. The molecule has 0 unspecified atom stereocenters. The van der Waals surface area contributed by atoms with Crippen molar-refractivity contribution in [3.05, 3.63) is 46.8 Å². The van der Waals surface area contributed by atoms with Gasteiger partial charge in [0.05, 0.1) is 22.2 Å². The Balaban J connectivity index is 1.75. The van der Waals surface area contributed by atoms with Crippen molar-refractivity contribution in [3.63, 3.8) is 0 Å². The summed E-state index contributed by atoms with van der Waals surface area (Å²) >= 11 is 0. The van der Waals surface area contributed by atoms with Gasteiger partial charge in [0.15, 0.2) is 5.65 Å². The first kappa shape index (κ1) is 21.0. The van der Waals surface area contributed by atoms with E-state index < -0.39 is 0 Å². The zero-order valence-electron chi connectivity index (χ0n) is 19.0. The first-order valence-electron chi connectivity index (χ1n) is 10.6. The Morgan fingerprint density at radius 2 is 1.81 bits per heavy atom. The predicted octanol–water partition coefficient (Wildman–Crippen LogP) is 4.89. The summed E-state index contributed by atoms with van der Waals surface area (Å²) in [4.78, 5) is 29.6. The highest BCUT2D eigenvalue weighted by Gasteiger charge is 2.30. The number of carbonyl (C=O) groups is 2. The van der Waals surface area contributed by atoms with Gasteiger partial charge in [-0.1, -0.05) is 0 Å². The third kappa shape index (κ3) is 4.17. The molecular weight excluding hydrogens is 390 g/mol. The molecule has 1 fully saturated rings. The van der Waals surface area contributed by atoms with E-state index in [0.29, 0.717) is 17.2 Å². The summed E-state index contributed by atoms with van der Waals surface area (Å²) in [6, 6.07) is 7.37. The third-order valence-electron chi connectivity index (χ3n) is 5.50. The van der Waals surface area contributed by atoms with E-state index in [1.807, 2.05) is 30.7 Å². The van der Waals surface area contributed by atoms with Crippen molar-refractivity contribution in [2.24, 2.45) is 0 Å². The molecule has 2 aromatic heterocycles. The van der Waals surface area contributed by atoms with Crippen molar-refractivity contribution < 1.29 is 9.59 Å². The SMILES string of the molecule is CC(=O)Nc1ccc(NC(=O)c2cc(C3CC3)nc3c2c(C)nn3C(C)(C)C)cc1C. The van der Waals surface area contributed by atoms with Crippen LogP contribution in [0.15, 0.2) is 24.3 Å². The lowest BCUT2D eigenvalue weighted by atomic mass is 10.1. The lowest BCUT2D eigenvalue weighted by Gasteiger charge is -2.20. The molecule has 31 heavy (non-hydrogen) atoms. The lowest BCUT2D eigenvalue weighted by molar-refractivity contribution is -0.114. The Kier molecular flexibility index (Phi) is 5.07. The van der Waals surface area contributed by atoms with Crippen LogP contribution in [0.5, 0.6) is 0 Å². The van der Waals surface area contributed by atoms with E-state index in [1.54, 1.807) is 12.1 Å². The number of nitrogens with zero attached hydrogens (tertiary/aromatic N) is 3. The minimum Gasteiger partial charge on any atom is -0.326 e. The molecule has 0 saturated heterocycles. The average molecular weight is 420 g/mol. The second-order valence-electron chi connectivity index (χ2n) is 9.40. The van der Waals surface area contributed by atoms with Gasteiger partial charge in [-0.25, -0.2) is 9.67 Å². The van der Waals surface area contributed by atoms with Crippen molar-refractivity contribution in [2.75, 3.05) is 10.6 Å². The summed E-state index contributed by atoms with van der Waals surface area (Å²) in [5.41, 5.74) is 5.16. The van der Waals surface area contributed by atoms with Crippen LogP contribution in [-0.4, -0.2) is 26.6 Å². The van der Waals surface area contributed by atoms with Crippen LogP contribution in [0.3, 0.4) is 0 Å². The molecule has 0 radical (unpaired) electrons. The van der Waals surface area contributed by atoms with Gasteiger partial charge < -0.3 is 10.6 Å². The molecule has 1 saturated carbocycles. The van der Waals surface area contributed by atoms with E-state index in [2.05, 4.69) is 31.4 Å². The summed E-state index contributed by atoms with van der Waals surface area (Å²) in [5.74, 6) is 0.106. The summed E-state index contributed by atoms with van der Waals surface area (Å²) in [5, 5.41) is 11.3. The van der Waals surface area contributed by atoms with Crippen molar-refractivity contribution in [1.82, 2.24) is 14.8 Å². The van der Waals surface area contributed by atoms with Gasteiger partial charge in [-0.15, -0.1) is 0 Å². The molecule has 0 atom stereocenters. The Hall–Kier alpha value is -3.22. The van der Waals surface area contributed by atoms with E-state index in [4.69, 9.17) is 10.1 Å². The fourth-order valence-corrected chi connectivity index (χ4v) is 3.81. The van der Waals surface area contributed by atoms with Crippen LogP contribution in [0.2, 0.25) is 0 Å². The lowest BCUT2D eigenvalue weighted by Crippen LogP contribution is -2.23. The monoisotopic (exact) mass is 419 g/mol. The number of amides is 2. The number of aromatic nitrogens is 3. The molecule has 2 heterocycles. The molecule has 1 aromatic carbocycles. The fourth-order valence-electron chi connectivity index (χ4n) is 3.81. The number of aryl methyl sites for hydroxylation is 2. The molecule has 162 valence electrons. The summed E-state index contributed by atoms with van der Waals surface area (Å²) in [6.07, 6.45) is 2.21. The van der Waals surface area contributed by atoms with Gasteiger partial charge in [-0.05, 0) is 77.3 Å². The fraction of sp³-hybridized carbons (Fsp3) is 0.417. The molecule has 4 rings (SSSR count). The Morgan fingerprint density at radius 3 is 2.39 bits per heavy atom. The zero-order valence-corrected chi connectivity index (χ0v) is 19.0. The van der Waals surface area contributed by atoms with Crippen LogP contribution in [0.1, 0.15) is 73.8 Å². The van der Waals surface area contributed by atoms with Crippen LogP contribution < -0.4 is 10.6 Å². The number of pyridine rings is 1. The summed E-state index contributed by atoms with van der Waals surface area (Å²) < 4.78 is 1.92. The van der Waals surface area contributed by atoms with Crippen molar-refractivity contribution in [3.8, 4) is 0 Å². The van der Waals surface area contributed by atoms with Crippen LogP contribution >= 0.6 is 0 Å². The zero-order chi connectivity index (χ0) is 22.5. The van der Waals surface area contributed by atoms with Crippen molar-refractivity contribution in [2.45, 2.75) is 65.8 Å². The van der Waals surface area contributed by atoms with E-state index in [-0.39, 0.29) is 17.4 Å². The highest BCUT2D eigenvalue weighted by atomic mass is 16.2. The van der Waals surface area contributed by atoms with Crippen LogP contribution in [0.4, 0.5) is 11.4 Å². The highest BCUT2D eigenvalue weighted by Crippen LogP contribution is 2.41. The molecule has 1 aliphatic carbocycles. The topological polar surface area (TPSA) is 88.9 Å². The number of hydrogen-bond donors (Lipinski definition) is 2. The van der Waals surface area contributed by atoms with Gasteiger partial charge in [0.1, 0.15) is 0 Å². The maximum absolute atomic E-state index is 13.4. The predicted molar refractivity (Wildman–Crippen MR) is 123 cm³/mol. The Bertz CT molecular complexity index is 1200. The van der Waals surface area contributed by atoms with E-state index in [9.17, 15) is 9.59 Å². The highest BCUT2D eigenvalue weighted by molar-refractivity contribution is 6.13. The number of hydrogen-bond acceptors (Lipinski definition) is 4.